The lowest BCUT2D eigenvalue weighted by molar-refractivity contribution is 0.0996. The van der Waals surface area contributed by atoms with Gasteiger partial charge < -0.3 is 5.73 Å². The van der Waals surface area contributed by atoms with Gasteiger partial charge in [-0.05, 0) is 11.3 Å². The second-order valence-electron chi connectivity index (χ2n) is 4.01. The van der Waals surface area contributed by atoms with E-state index in [0.717, 1.165) is 5.19 Å². The maximum atomic E-state index is 11.1. The molecule has 4 heteroatoms. The lowest BCUT2D eigenvalue weighted by Gasteiger charge is -2.18. The van der Waals surface area contributed by atoms with Crippen LogP contribution in [0.3, 0.4) is 0 Å². The SMILES string of the molecule is C[Si](C)(C)c1cccnc1C(N)=O. The highest BCUT2D eigenvalue weighted by atomic mass is 28.3. The van der Waals surface area contributed by atoms with Crippen LogP contribution in [0.2, 0.25) is 19.6 Å². The molecule has 0 aromatic carbocycles. The minimum absolute atomic E-state index is 0.432. The molecule has 3 nitrogen and oxygen atoms in total. The molecule has 0 atom stereocenters. The van der Waals surface area contributed by atoms with Crippen molar-refractivity contribution in [3.8, 4) is 0 Å². The maximum Gasteiger partial charge on any atom is 0.267 e. The van der Waals surface area contributed by atoms with Crippen LogP contribution >= 0.6 is 0 Å². The van der Waals surface area contributed by atoms with Gasteiger partial charge in [0.1, 0.15) is 5.69 Å². The van der Waals surface area contributed by atoms with Crippen LogP contribution in [0.5, 0.6) is 0 Å². The molecule has 0 fully saturated rings. The Labute approximate surface area is 79.0 Å². The monoisotopic (exact) mass is 194 g/mol. The highest BCUT2D eigenvalue weighted by Crippen LogP contribution is 2.04. The number of aromatic nitrogens is 1. The number of amides is 1. The maximum absolute atomic E-state index is 11.1. The molecule has 0 aliphatic heterocycles. The molecule has 0 spiro atoms. The van der Waals surface area contributed by atoms with Gasteiger partial charge in [-0.2, -0.15) is 0 Å². The van der Waals surface area contributed by atoms with E-state index in [1.807, 2.05) is 12.1 Å². The Balaban J connectivity index is 3.28. The van der Waals surface area contributed by atoms with E-state index < -0.39 is 14.0 Å². The van der Waals surface area contributed by atoms with Crippen molar-refractivity contribution in [2.45, 2.75) is 19.6 Å². The Morgan fingerprint density at radius 3 is 2.46 bits per heavy atom. The van der Waals surface area contributed by atoms with E-state index in [4.69, 9.17) is 5.73 Å². The number of nitrogens with zero attached hydrogens (tertiary/aromatic N) is 1. The average molecular weight is 194 g/mol. The summed E-state index contributed by atoms with van der Waals surface area (Å²) in [6.07, 6.45) is 1.60. The van der Waals surface area contributed by atoms with E-state index in [2.05, 4.69) is 24.6 Å². The molecule has 2 N–H and O–H groups in total. The Bertz CT molecular complexity index is 331. The quantitative estimate of drug-likeness (QED) is 0.705. The van der Waals surface area contributed by atoms with E-state index in [9.17, 15) is 4.79 Å². The summed E-state index contributed by atoms with van der Waals surface area (Å²) in [7, 11) is -1.50. The molecule has 70 valence electrons. The van der Waals surface area contributed by atoms with Gasteiger partial charge in [0.25, 0.3) is 5.91 Å². The van der Waals surface area contributed by atoms with Gasteiger partial charge in [-0.1, -0.05) is 25.7 Å². The topological polar surface area (TPSA) is 56.0 Å². The number of carbonyl (C=O) groups is 1. The average Bonchev–Trinajstić information content (AvgIpc) is 2.03. The first kappa shape index (κ1) is 9.92. The molecule has 13 heavy (non-hydrogen) atoms. The van der Waals surface area contributed by atoms with Gasteiger partial charge in [-0.25, -0.2) is 0 Å². The number of pyridine rings is 1. The number of nitrogens with two attached hydrogens (primary N) is 1. The number of primary amides is 1. The van der Waals surface area contributed by atoms with Crippen LogP contribution in [0.15, 0.2) is 18.3 Å². The molecule has 0 aliphatic rings. The molecule has 1 aromatic heterocycles. The van der Waals surface area contributed by atoms with Crippen molar-refractivity contribution in [3.05, 3.63) is 24.0 Å². The molecule has 0 radical (unpaired) electrons. The molecule has 0 aliphatic carbocycles. The molecule has 0 unspecified atom stereocenters. The van der Waals surface area contributed by atoms with Gasteiger partial charge in [0.15, 0.2) is 0 Å². The molecule has 0 saturated heterocycles. The molecule has 1 amide bonds. The van der Waals surface area contributed by atoms with Crippen LogP contribution in [0.4, 0.5) is 0 Å². The van der Waals surface area contributed by atoms with Crippen molar-refractivity contribution in [1.29, 1.82) is 0 Å². The zero-order valence-electron chi connectivity index (χ0n) is 8.16. The Hall–Kier alpha value is -1.16. The standard InChI is InChI=1S/C9H14N2OSi/c1-13(2,3)7-5-4-6-11-8(7)9(10)12/h4-6H,1-3H3,(H2,10,12). The van der Waals surface area contributed by atoms with Crippen molar-refractivity contribution < 1.29 is 4.79 Å². The predicted octanol–water partition coefficient (Wildman–Crippen LogP) is 0.726. The van der Waals surface area contributed by atoms with Crippen LogP contribution in [-0.2, 0) is 0 Å². The smallest absolute Gasteiger partial charge is 0.267 e. The number of hydrogen-bond acceptors (Lipinski definition) is 2. The van der Waals surface area contributed by atoms with Crippen molar-refractivity contribution >= 4 is 19.2 Å². The number of hydrogen-bond donors (Lipinski definition) is 1. The van der Waals surface area contributed by atoms with Crippen LogP contribution in [0, 0.1) is 0 Å². The molecule has 1 heterocycles. The normalized spacial score (nSPS) is 11.3. The fourth-order valence-electron chi connectivity index (χ4n) is 1.21. The lowest BCUT2D eigenvalue weighted by Crippen LogP contribution is -2.43. The zero-order chi connectivity index (χ0) is 10.1. The second-order valence-corrected chi connectivity index (χ2v) is 9.05. The summed E-state index contributed by atoms with van der Waals surface area (Å²) in [6, 6.07) is 3.79. The van der Waals surface area contributed by atoms with E-state index in [1.165, 1.54) is 0 Å². The molecular formula is C9H14N2OSi. The molecule has 1 rings (SSSR count). The molecular weight excluding hydrogens is 180 g/mol. The minimum Gasteiger partial charge on any atom is -0.364 e. The third-order valence-corrected chi connectivity index (χ3v) is 3.87. The highest BCUT2D eigenvalue weighted by Gasteiger charge is 2.22. The van der Waals surface area contributed by atoms with Crippen LogP contribution in [0.1, 0.15) is 10.5 Å². The van der Waals surface area contributed by atoms with Crippen LogP contribution in [0.25, 0.3) is 0 Å². The Morgan fingerprint density at radius 1 is 1.46 bits per heavy atom. The van der Waals surface area contributed by atoms with E-state index >= 15 is 0 Å². The van der Waals surface area contributed by atoms with Crippen LogP contribution < -0.4 is 10.9 Å². The summed E-state index contributed by atoms with van der Waals surface area (Å²) in [4.78, 5) is 15.1. The van der Waals surface area contributed by atoms with Gasteiger partial charge >= 0.3 is 0 Å². The fraction of sp³-hybridized carbons (Fsp3) is 0.333. The largest absolute Gasteiger partial charge is 0.364 e. The summed E-state index contributed by atoms with van der Waals surface area (Å²) < 4.78 is 0. The van der Waals surface area contributed by atoms with Gasteiger partial charge in [-0.3, -0.25) is 9.78 Å². The summed E-state index contributed by atoms with van der Waals surface area (Å²) in [5.41, 5.74) is 5.66. The summed E-state index contributed by atoms with van der Waals surface area (Å²) >= 11 is 0. The third kappa shape index (κ3) is 2.15. The minimum atomic E-state index is -1.50. The Morgan fingerprint density at radius 2 is 2.08 bits per heavy atom. The first-order valence-electron chi connectivity index (χ1n) is 4.18. The fourth-order valence-corrected chi connectivity index (χ4v) is 2.70. The zero-order valence-corrected chi connectivity index (χ0v) is 9.16. The Kier molecular flexibility index (Phi) is 2.52. The lowest BCUT2D eigenvalue weighted by atomic mass is 10.3. The van der Waals surface area contributed by atoms with Crippen LogP contribution in [-0.4, -0.2) is 19.0 Å². The highest BCUT2D eigenvalue weighted by molar-refractivity contribution is 6.89. The summed E-state index contributed by atoms with van der Waals surface area (Å²) in [5, 5.41) is 1.03. The summed E-state index contributed by atoms with van der Waals surface area (Å²) in [5.74, 6) is -0.432. The van der Waals surface area contributed by atoms with Gasteiger partial charge in [0, 0.05) is 6.20 Å². The molecule has 1 aromatic rings. The van der Waals surface area contributed by atoms with Crippen molar-refractivity contribution in [2.75, 3.05) is 0 Å². The van der Waals surface area contributed by atoms with E-state index in [0.29, 0.717) is 5.69 Å². The van der Waals surface area contributed by atoms with Gasteiger partial charge in [0.2, 0.25) is 0 Å². The second kappa shape index (κ2) is 3.30. The van der Waals surface area contributed by atoms with Crippen molar-refractivity contribution in [1.82, 2.24) is 4.98 Å². The number of carbonyl (C=O) groups excluding carboxylic acids is 1. The first-order chi connectivity index (χ1) is 5.93. The molecule has 0 saturated carbocycles. The van der Waals surface area contributed by atoms with E-state index in [-0.39, 0.29) is 0 Å². The van der Waals surface area contributed by atoms with Gasteiger partial charge in [-0.15, -0.1) is 0 Å². The summed E-state index contributed by atoms with van der Waals surface area (Å²) in [6.45, 7) is 6.49. The molecule has 0 bridgehead atoms. The van der Waals surface area contributed by atoms with Crippen molar-refractivity contribution in [2.24, 2.45) is 5.73 Å². The van der Waals surface area contributed by atoms with Gasteiger partial charge in [0.05, 0.1) is 8.07 Å². The first-order valence-corrected chi connectivity index (χ1v) is 7.68. The van der Waals surface area contributed by atoms with Crippen molar-refractivity contribution in [3.63, 3.8) is 0 Å². The number of rotatable bonds is 2. The third-order valence-electron chi connectivity index (χ3n) is 1.85. The predicted molar refractivity (Wildman–Crippen MR) is 55.7 cm³/mol. The van der Waals surface area contributed by atoms with E-state index in [1.54, 1.807) is 6.20 Å².